The van der Waals surface area contributed by atoms with Crippen molar-refractivity contribution in [2.45, 2.75) is 13.3 Å². The summed E-state index contributed by atoms with van der Waals surface area (Å²) in [4.78, 5) is 10.5. The van der Waals surface area contributed by atoms with Crippen molar-refractivity contribution in [2.24, 2.45) is 0 Å². The lowest BCUT2D eigenvalue weighted by Crippen LogP contribution is -2.03. The van der Waals surface area contributed by atoms with Crippen molar-refractivity contribution < 1.29 is 9.90 Å². The summed E-state index contributed by atoms with van der Waals surface area (Å²) >= 11 is 5.54. The molecule has 0 bridgehead atoms. The molecule has 1 aromatic rings. The predicted molar refractivity (Wildman–Crippen MR) is 62.9 cm³/mol. The Hall–Kier alpha value is -0.100. The maximum absolute atomic E-state index is 10.5. The minimum absolute atomic E-state index is 0.0846. The van der Waals surface area contributed by atoms with Gasteiger partial charge >= 0.3 is 5.97 Å². The summed E-state index contributed by atoms with van der Waals surface area (Å²) in [5.41, 5.74) is 1.91. The third kappa shape index (κ3) is 2.95. The van der Waals surface area contributed by atoms with Gasteiger partial charge in [-0.3, -0.25) is 4.79 Å². The molecule has 0 aromatic heterocycles. The Balaban J connectivity index is 3.12. The zero-order chi connectivity index (χ0) is 10.0. The first-order valence-corrected chi connectivity index (χ1v) is 5.54. The van der Waals surface area contributed by atoms with E-state index in [1.807, 2.05) is 19.1 Å². The monoisotopic (exact) mass is 354 g/mol. The van der Waals surface area contributed by atoms with E-state index in [9.17, 15) is 4.79 Å². The number of carbonyl (C=O) groups is 1. The summed E-state index contributed by atoms with van der Waals surface area (Å²) in [6.07, 6.45) is 0.0846. The zero-order valence-corrected chi connectivity index (χ0v) is 10.7. The normalized spacial score (nSPS) is 10.1. The van der Waals surface area contributed by atoms with E-state index in [0.29, 0.717) is 0 Å². The molecule has 0 saturated carbocycles. The molecule has 70 valence electrons. The van der Waals surface area contributed by atoms with Crippen LogP contribution in [0, 0.1) is 10.5 Å². The van der Waals surface area contributed by atoms with Crippen LogP contribution < -0.4 is 0 Å². The molecule has 0 fully saturated rings. The first kappa shape index (κ1) is 11.0. The van der Waals surface area contributed by atoms with E-state index in [4.69, 9.17) is 5.11 Å². The molecule has 1 N–H and O–H groups in total. The van der Waals surface area contributed by atoms with E-state index in [-0.39, 0.29) is 6.42 Å². The van der Waals surface area contributed by atoms with Crippen molar-refractivity contribution in [3.05, 3.63) is 31.3 Å². The molecule has 2 nitrogen and oxygen atoms in total. The number of carboxylic acids is 1. The number of aliphatic carboxylic acids is 1. The topological polar surface area (TPSA) is 37.3 Å². The van der Waals surface area contributed by atoms with Crippen molar-refractivity contribution in [2.75, 3.05) is 0 Å². The minimum atomic E-state index is -0.794. The molecule has 0 spiro atoms. The molecular weight excluding hydrogens is 347 g/mol. The van der Waals surface area contributed by atoms with E-state index in [1.54, 1.807) is 0 Å². The average molecular weight is 355 g/mol. The van der Waals surface area contributed by atoms with Gasteiger partial charge in [0.25, 0.3) is 0 Å². The van der Waals surface area contributed by atoms with Gasteiger partial charge in [0, 0.05) is 8.04 Å². The minimum Gasteiger partial charge on any atom is -0.481 e. The summed E-state index contributed by atoms with van der Waals surface area (Å²) in [6, 6.07) is 3.83. The highest BCUT2D eigenvalue weighted by Crippen LogP contribution is 2.22. The molecule has 1 rings (SSSR count). The van der Waals surface area contributed by atoms with E-state index in [2.05, 4.69) is 38.5 Å². The smallest absolute Gasteiger partial charge is 0.307 e. The number of hydrogen-bond acceptors (Lipinski definition) is 1. The van der Waals surface area contributed by atoms with Crippen LogP contribution in [0.15, 0.2) is 16.6 Å². The maximum Gasteiger partial charge on any atom is 0.307 e. The lowest BCUT2D eigenvalue weighted by molar-refractivity contribution is -0.136. The maximum atomic E-state index is 10.5. The van der Waals surface area contributed by atoms with Crippen molar-refractivity contribution in [3.8, 4) is 0 Å². The molecule has 0 radical (unpaired) electrons. The van der Waals surface area contributed by atoms with Crippen molar-refractivity contribution >= 4 is 44.5 Å². The molecule has 0 heterocycles. The molecule has 0 atom stereocenters. The third-order valence-electron chi connectivity index (χ3n) is 1.76. The number of hydrogen-bond donors (Lipinski definition) is 1. The van der Waals surface area contributed by atoms with Crippen LogP contribution in [0.1, 0.15) is 11.1 Å². The molecule has 0 aliphatic heterocycles. The van der Waals surface area contributed by atoms with Crippen LogP contribution >= 0.6 is 38.5 Å². The van der Waals surface area contributed by atoms with Gasteiger partial charge in [-0.05, 0) is 52.8 Å². The van der Waals surface area contributed by atoms with Crippen molar-refractivity contribution in [1.29, 1.82) is 0 Å². The fraction of sp³-hybridized carbons (Fsp3) is 0.222. The molecule has 0 unspecified atom stereocenters. The van der Waals surface area contributed by atoms with Gasteiger partial charge in [-0.2, -0.15) is 0 Å². The second-order valence-electron chi connectivity index (χ2n) is 2.74. The summed E-state index contributed by atoms with van der Waals surface area (Å²) in [5.74, 6) is -0.794. The van der Waals surface area contributed by atoms with Gasteiger partial charge in [0.1, 0.15) is 0 Å². The zero-order valence-electron chi connectivity index (χ0n) is 6.97. The van der Waals surface area contributed by atoms with Gasteiger partial charge in [-0.15, -0.1) is 0 Å². The van der Waals surface area contributed by atoms with Crippen LogP contribution in [0.4, 0.5) is 0 Å². The highest BCUT2D eigenvalue weighted by molar-refractivity contribution is 14.1. The number of rotatable bonds is 2. The van der Waals surface area contributed by atoms with Crippen LogP contribution in [-0.4, -0.2) is 11.1 Å². The molecule has 1 aromatic carbocycles. The fourth-order valence-corrected chi connectivity index (χ4v) is 2.66. The molecule has 4 heteroatoms. The van der Waals surface area contributed by atoms with Crippen LogP contribution in [0.25, 0.3) is 0 Å². The highest BCUT2D eigenvalue weighted by Gasteiger charge is 2.07. The van der Waals surface area contributed by atoms with Crippen LogP contribution in [0.2, 0.25) is 0 Å². The SMILES string of the molecule is Cc1c(I)cc(Br)cc1CC(=O)O. The Labute approximate surface area is 98.6 Å². The quantitative estimate of drug-likeness (QED) is 0.829. The highest BCUT2D eigenvalue weighted by atomic mass is 127. The van der Waals surface area contributed by atoms with Gasteiger partial charge in [0.05, 0.1) is 6.42 Å². The second-order valence-corrected chi connectivity index (χ2v) is 4.82. The van der Waals surface area contributed by atoms with E-state index >= 15 is 0 Å². The summed E-state index contributed by atoms with van der Waals surface area (Å²) < 4.78 is 2.02. The van der Waals surface area contributed by atoms with Gasteiger partial charge < -0.3 is 5.11 Å². The Kier molecular flexibility index (Phi) is 3.73. The third-order valence-corrected chi connectivity index (χ3v) is 3.34. The fourth-order valence-electron chi connectivity index (χ4n) is 1.05. The molecule has 13 heavy (non-hydrogen) atoms. The van der Waals surface area contributed by atoms with Gasteiger partial charge in [0.2, 0.25) is 0 Å². The van der Waals surface area contributed by atoms with E-state index in [0.717, 1.165) is 19.2 Å². The Morgan fingerprint density at radius 1 is 1.62 bits per heavy atom. The molecular formula is C9H8BrIO2. The largest absolute Gasteiger partial charge is 0.481 e. The second kappa shape index (κ2) is 4.41. The van der Waals surface area contributed by atoms with Crippen LogP contribution in [0.3, 0.4) is 0 Å². The van der Waals surface area contributed by atoms with Gasteiger partial charge in [-0.25, -0.2) is 0 Å². The van der Waals surface area contributed by atoms with Gasteiger partial charge in [0.15, 0.2) is 0 Å². The lowest BCUT2D eigenvalue weighted by Gasteiger charge is -2.06. The standard InChI is InChI=1S/C9H8BrIO2/c1-5-6(3-9(12)13)2-7(10)4-8(5)11/h2,4H,3H2,1H3,(H,12,13). The molecule has 0 aliphatic rings. The first-order valence-electron chi connectivity index (χ1n) is 3.67. The number of halogens is 2. The van der Waals surface area contributed by atoms with E-state index in [1.165, 1.54) is 0 Å². The first-order chi connectivity index (χ1) is 6.00. The van der Waals surface area contributed by atoms with Crippen molar-refractivity contribution in [1.82, 2.24) is 0 Å². The summed E-state index contributed by atoms with van der Waals surface area (Å²) in [5, 5.41) is 8.66. The Morgan fingerprint density at radius 2 is 2.23 bits per heavy atom. The van der Waals surface area contributed by atoms with Crippen molar-refractivity contribution in [3.63, 3.8) is 0 Å². The summed E-state index contributed by atoms with van der Waals surface area (Å²) in [7, 11) is 0. The van der Waals surface area contributed by atoms with E-state index < -0.39 is 5.97 Å². The summed E-state index contributed by atoms with van der Waals surface area (Å²) in [6.45, 7) is 1.94. The molecule has 0 amide bonds. The molecule has 0 aliphatic carbocycles. The van der Waals surface area contributed by atoms with Crippen LogP contribution in [0.5, 0.6) is 0 Å². The lowest BCUT2D eigenvalue weighted by atomic mass is 10.1. The van der Waals surface area contributed by atoms with Gasteiger partial charge in [-0.1, -0.05) is 15.9 Å². The Bertz CT molecular complexity index is 350. The number of benzene rings is 1. The van der Waals surface area contributed by atoms with Crippen LogP contribution in [-0.2, 0) is 11.2 Å². The Morgan fingerprint density at radius 3 is 2.77 bits per heavy atom. The average Bonchev–Trinajstić information content (AvgIpc) is 1.98. The molecule has 0 saturated heterocycles. The predicted octanol–water partition coefficient (Wildman–Crippen LogP) is 2.99. The number of carboxylic acid groups (broad SMARTS) is 1.